The van der Waals surface area contributed by atoms with Crippen molar-refractivity contribution in [3.8, 4) is 0 Å². The molecule has 1 heterocycles. The standard InChI is InChI=1S/C11H23N3O2/c1-11(2,3)13(10(15)16)14(12)8-6-4-5-7-9-14/h4-9,12H2,1-3H3/p+1. The third-order valence-electron chi connectivity index (χ3n) is 3.06. The van der Waals surface area contributed by atoms with Gasteiger partial charge in [-0.2, -0.15) is 5.84 Å². The van der Waals surface area contributed by atoms with Crippen molar-refractivity contribution in [1.29, 1.82) is 0 Å². The molecule has 16 heavy (non-hydrogen) atoms. The molecule has 1 rings (SSSR count). The van der Waals surface area contributed by atoms with Crippen molar-refractivity contribution in [2.24, 2.45) is 5.84 Å². The minimum Gasteiger partial charge on any atom is -0.462 e. The van der Waals surface area contributed by atoms with Crippen molar-refractivity contribution in [1.82, 2.24) is 5.01 Å². The van der Waals surface area contributed by atoms with Crippen LogP contribution in [0.1, 0.15) is 46.5 Å². The first-order valence-electron chi connectivity index (χ1n) is 5.97. The van der Waals surface area contributed by atoms with Crippen LogP contribution in [0.3, 0.4) is 0 Å². The molecule has 1 aliphatic heterocycles. The van der Waals surface area contributed by atoms with Crippen molar-refractivity contribution in [2.75, 3.05) is 13.1 Å². The van der Waals surface area contributed by atoms with E-state index in [1.165, 1.54) is 5.01 Å². The van der Waals surface area contributed by atoms with Gasteiger partial charge in [-0.15, -0.1) is 9.71 Å². The Kier molecular flexibility index (Phi) is 3.80. The summed E-state index contributed by atoms with van der Waals surface area (Å²) in [5.41, 5.74) is -0.467. The Hall–Kier alpha value is -0.810. The lowest BCUT2D eigenvalue weighted by Crippen LogP contribution is -2.71. The van der Waals surface area contributed by atoms with Gasteiger partial charge in [0.05, 0.1) is 5.54 Å². The van der Waals surface area contributed by atoms with E-state index in [2.05, 4.69) is 0 Å². The molecule has 0 atom stereocenters. The highest BCUT2D eigenvalue weighted by Gasteiger charge is 2.44. The molecule has 0 aliphatic carbocycles. The first kappa shape index (κ1) is 13.3. The second-order valence-electron chi connectivity index (χ2n) is 5.61. The normalized spacial score (nSPS) is 21.2. The number of hydrogen-bond donors (Lipinski definition) is 2. The Morgan fingerprint density at radius 2 is 1.62 bits per heavy atom. The highest BCUT2D eigenvalue weighted by Crippen LogP contribution is 2.24. The molecule has 0 aromatic heterocycles. The van der Waals surface area contributed by atoms with Crippen molar-refractivity contribution in [3.63, 3.8) is 0 Å². The quantitative estimate of drug-likeness (QED) is 0.534. The summed E-state index contributed by atoms with van der Waals surface area (Å²) in [5.74, 6) is 6.27. The predicted octanol–water partition coefficient (Wildman–Crippen LogP) is 1.94. The lowest BCUT2D eigenvalue weighted by atomic mass is 10.1. The average Bonchev–Trinajstić information content (AvgIpc) is 2.26. The number of amides is 1. The maximum absolute atomic E-state index is 11.4. The Bertz CT molecular complexity index is 252. The summed E-state index contributed by atoms with van der Waals surface area (Å²) in [7, 11) is 0. The number of hydrogen-bond acceptors (Lipinski definition) is 2. The molecular weight excluding hydrogens is 206 g/mol. The van der Waals surface area contributed by atoms with Gasteiger partial charge >= 0.3 is 6.09 Å². The number of carboxylic acid groups (broad SMARTS) is 1. The molecule has 5 heteroatoms. The average molecular weight is 230 g/mol. The monoisotopic (exact) mass is 230 g/mol. The Morgan fingerprint density at radius 1 is 1.19 bits per heavy atom. The zero-order valence-electron chi connectivity index (χ0n) is 10.6. The summed E-state index contributed by atoms with van der Waals surface area (Å²) < 4.78 is 0.0405. The van der Waals surface area contributed by atoms with E-state index < -0.39 is 11.6 Å². The van der Waals surface area contributed by atoms with Crippen LogP contribution in [-0.2, 0) is 0 Å². The van der Waals surface area contributed by atoms with Crippen LogP contribution < -0.4 is 5.84 Å². The van der Waals surface area contributed by atoms with Crippen molar-refractivity contribution >= 4 is 6.09 Å². The second-order valence-corrected chi connectivity index (χ2v) is 5.61. The number of rotatable bonds is 1. The largest absolute Gasteiger partial charge is 0.462 e. The summed E-state index contributed by atoms with van der Waals surface area (Å²) in [4.78, 5) is 11.4. The zero-order chi connectivity index (χ0) is 12.4. The summed E-state index contributed by atoms with van der Waals surface area (Å²) in [5, 5.41) is 10.7. The van der Waals surface area contributed by atoms with E-state index >= 15 is 0 Å². The van der Waals surface area contributed by atoms with E-state index in [-0.39, 0.29) is 4.70 Å². The molecular formula is C11H24N3O2+. The molecule has 94 valence electrons. The number of nitrogens with two attached hydrogens (primary N) is 1. The van der Waals surface area contributed by atoms with Crippen LogP contribution in [0.25, 0.3) is 0 Å². The maximum atomic E-state index is 11.4. The number of carbonyl (C=O) groups is 1. The van der Waals surface area contributed by atoms with E-state index in [1.54, 1.807) is 0 Å². The topological polar surface area (TPSA) is 66.6 Å². The summed E-state index contributed by atoms with van der Waals surface area (Å²) >= 11 is 0. The molecule has 0 radical (unpaired) electrons. The van der Waals surface area contributed by atoms with Gasteiger partial charge in [-0.3, -0.25) is 0 Å². The zero-order valence-corrected chi connectivity index (χ0v) is 10.6. The smallest absolute Gasteiger partial charge is 0.454 e. The Labute approximate surface area is 97.3 Å². The van der Waals surface area contributed by atoms with E-state index in [4.69, 9.17) is 5.84 Å². The van der Waals surface area contributed by atoms with Crippen LogP contribution in [0, 0.1) is 0 Å². The lowest BCUT2D eigenvalue weighted by Gasteiger charge is -2.45. The van der Waals surface area contributed by atoms with Crippen LogP contribution in [0.4, 0.5) is 4.79 Å². The van der Waals surface area contributed by atoms with Gasteiger partial charge in [-0.05, 0) is 33.6 Å². The fraction of sp³-hybridized carbons (Fsp3) is 0.909. The first-order valence-corrected chi connectivity index (χ1v) is 5.97. The minimum absolute atomic E-state index is 0.0405. The minimum atomic E-state index is -0.933. The number of nitrogens with zero attached hydrogens (tertiary/aromatic N) is 2. The SMILES string of the molecule is CC(C)(C)N(C(=O)O)[N+]1(N)CCCCCC1. The molecule has 1 saturated heterocycles. The van der Waals surface area contributed by atoms with Gasteiger partial charge in [0.2, 0.25) is 0 Å². The Balaban J connectivity index is 2.95. The van der Waals surface area contributed by atoms with E-state index in [9.17, 15) is 9.90 Å². The van der Waals surface area contributed by atoms with Gasteiger partial charge in [-0.1, -0.05) is 0 Å². The van der Waals surface area contributed by atoms with E-state index in [1.807, 2.05) is 20.8 Å². The maximum Gasteiger partial charge on any atom is 0.454 e. The summed E-state index contributed by atoms with van der Waals surface area (Å²) in [6.07, 6.45) is 3.35. The fourth-order valence-corrected chi connectivity index (χ4v) is 2.49. The summed E-state index contributed by atoms with van der Waals surface area (Å²) in [6.45, 7) is 7.09. The van der Waals surface area contributed by atoms with Crippen molar-refractivity contribution in [2.45, 2.75) is 52.0 Å². The molecule has 5 nitrogen and oxygen atoms in total. The first-order chi connectivity index (χ1) is 7.27. The van der Waals surface area contributed by atoms with E-state index in [0.29, 0.717) is 13.1 Å². The summed E-state index contributed by atoms with van der Waals surface area (Å²) in [6, 6.07) is 0. The fourth-order valence-electron chi connectivity index (χ4n) is 2.49. The molecule has 0 spiro atoms. The molecule has 1 amide bonds. The van der Waals surface area contributed by atoms with Gasteiger partial charge in [0.25, 0.3) is 0 Å². The molecule has 0 unspecified atom stereocenters. The van der Waals surface area contributed by atoms with Gasteiger partial charge in [0.15, 0.2) is 0 Å². The number of quaternary nitrogens is 1. The molecule has 1 fully saturated rings. The molecule has 3 N–H and O–H groups in total. The van der Waals surface area contributed by atoms with Gasteiger partial charge in [0, 0.05) is 12.8 Å². The highest BCUT2D eigenvalue weighted by atomic mass is 16.4. The van der Waals surface area contributed by atoms with Gasteiger partial charge < -0.3 is 5.11 Å². The highest BCUT2D eigenvalue weighted by molar-refractivity contribution is 5.64. The van der Waals surface area contributed by atoms with Crippen LogP contribution in [0.5, 0.6) is 0 Å². The van der Waals surface area contributed by atoms with Crippen LogP contribution in [-0.4, -0.2) is 39.5 Å². The molecule has 0 aromatic rings. The third-order valence-corrected chi connectivity index (χ3v) is 3.06. The lowest BCUT2D eigenvalue weighted by molar-refractivity contribution is -1.04. The van der Waals surface area contributed by atoms with Crippen LogP contribution in [0.2, 0.25) is 0 Å². The molecule has 0 saturated carbocycles. The third kappa shape index (κ3) is 2.86. The Morgan fingerprint density at radius 3 is 1.94 bits per heavy atom. The van der Waals surface area contributed by atoms with Crippen LogP contribution in [0.15, 0.2) is 0 Å². The van der Waals surface area contributed by atoms with Crippen LogP contribution >= 0.6 is 0 Å². The van der Waals surface area contributed by atoms with Crippen molar-refractivity contribution < 1.29 is 14.6 Å². The van der Waals surface area contributed by atoms with Gasteiger partial charge in [0.1, 0.15) is 13.1 Å². The molecule has 0 aromatic carbocycles. The molecule has 0 bridgehead atoms. The second kappa shape index (κ2) is 4.59. The van der Waals surface area contributed by atoms with Gasteiger partial charge in [-0.25, -0.2) is 4.79 Å². The predicted molar refractivity (Wildman–Crippen MR) is 62.3 cm³/mol. The molecule has 1 aliphatic rings. The van der Waals surface area contributed by atoms with E-state index in [0.717, 1.165) is 25.7 Å². The van der Waals surface area contributed by atoms with Crippen molar-refractivity contribution in [3.05, 3.63) is 0 Å².